The van der Waals surface area contributed by atoms with E-state index < -0.39 is 11.6 Å². The fraction of sp³-hybridized carbons (Fsp3) is 0. The second-order valence-electron chi connectivity index (χ2n) is 5.38. The van der Waals surface area contributed by atoms with Gasteiger partial charge in [0.05, 0.1) is 11.1 Å². The summed E-state index contributed by atoms with van der Waals surface area (Å²) in [5.41, 5.74) is 11.5. The van der Waals surface area contributed by atoms with Gasteiger partial charge in [-0.1, -0.05) is 12.1 Å². The molecule has 0 spiro atoms. The Hall–Kier alpha value is -3.48. The zero-order valence-corrected chi connectivity index (χ0v) is 12.9. The number of nitrogen functional groups attached to an aromatic ring is 2. The lowest BCUT2D eigenvalue weighted by atomic mass is 10.1. The first-order valence-electron chi connectivity index (χ1n) is 7.25. The Morgan fingerprint density at radius 3 is 1.44 bits per heavy atom. The van der Waals surface area contributed by atoms with E-state index in [4.69, 9.17) is 26.7 Å². The summed E-state index contributed by atoms with van der Waals surface area (Å²) in [4.78, 5) is 0. The second kappa shape index (κ2) is 6.20. The summed E-state index contributed by atoms with van der Waals surface area (Å²) < 4.78 is 33.6. The molecule has 0 aliphatic rings. The number of nitrogens with two attached hydrogens (primary N) is 2. The highest BCUT2D eigenvalue weighted by Gasteiger charge is 2.13. The molecule has 0 aliphatic carbocycles. The van der Waals surface area contributed by atoms with Crippen LogP contribution in [0.15, 0.2) is 52.9 Å². The number of hydrogen-bond acceptors (Lipinski definition) is 3. The molecule has 0 aliphatic heterocycles. The first-order chi connectivity index (χ1) is 11.9. The van der Waals surface area contributed by atoms with Crippen molar-refractivity contribution in [2.75, 3.05) is 0 Å². The average molecular weight is 340 g/mol. The van der Waals surface area contributed by atoms with E-state index in [9.17, 15) is 8.78 Å². The molecule has 7 heteroatoms. The minimum absolute atomic E-state index is 0.0115. The number of nitrogens with one attached hydrogen (secondary N) is 2. The van der Waals surface area contributed by atoms with Crippen molar-refractivity contribution in [1.82, 2.24) is 0 Å². The normalized spacial score (nSPS) is 10.6. The molecule has 3 aromatic rings. The van der Waals surface area contributed by atoms with E-state index in [1.807, 2.05) is 0 Å². The van der Waals surface area contributed by atoms with Gasteiger partial charge in [0.25, 0.3) is 0 Å². The largest absolute Gasteiger partial charge is 0.456 e. The van der Waals surface area contributed by atoms with Crippen molar-refractivity contribution in [2.45, 2.75) is 0 Å². The minimum atomic E-state index is -0.625. The molecule has 126 valence electrons. The molecule has 0 bridgehead atoms. The van der Waals surface area contributed by atoms with Crippen LogP contribution in [0.5, 0.6) is 0 Å². The lowest BCUT2D eigenvalue weighted by Gasteiger charge is -2.04. The molecular weight excluding hydrogens is 326 g/mol. The third-order valence-corrected chi connectivity index (χ3v) is 3.69. The predicted octanol–water partition coefficient (Wildman–Crippen LogP) is 3.46. The summed E-state index contributed by atoms with van der Waals surface area (Å²) in [6.45, 7) is 0. The molecule has 6 N–H and O–H groups in total. The van der Waals surface area contributed by atoms with Gasteiger partial charge in [-0.3, -0.25) is 10.8 Å². The standard InChI is InChI=1S/C18H14F2N4O/c19-13-7-9(1-3-11(13)17(21)22)15-5-6-16(25-15)10-2-4-12(18(23)24)14(20)8-10/h1-8H,(H3,21,22)(H3,23,24). The van der Waals surface area contributed by atoms with Gasteiger partial charge in [0.15, 0.2) is 0 Å². The molecule has 0 saturated carbocycles. The van der Waals surface area contributed by atoms with Crippen molar-refractivity contribution in [3.63, 3.8) is 0 Å². The number of furan rings is 1. The zero-order chi connectivity index (χ0) is 18.1. The molecule has 0 unspecified atom stereocenters. The monoisotopic (exact) mass is 340 g/mol. The molecule has 3 rings (SSSR count). The lowest BCUT2D eigenvalue weighted by molar-refractivity contribution is 0.590. The fourth-order valence-corrected chi connectivity index (χ4v) is 2.42. The Balaban J connectivity index is 1.95. The van der Waals surface area contributed by atoms with Crippen LogP contribution in [0.2, 0.25) is 0 Å². The fourth-order valence-electron chi connectivity index (χ4n) is 2.42. The first kappa shape index (κ1) is 16.4. The average Bonchev–Trinajstić information content (AvgIpc) is 3.03. The Morgan fingerprint density at radius 2 is 1.12 bits per heavy atom. The SMILES string of the molecule is N=C(N)c1ccc(-c2ccc(-c3ccc(C(=N)N)c(F)c3)o2)cc1F. The third kappa shape index (κ3) is 3.12. The van der Waals surface area contributed by atoms with Crippen LogP contribution in [0.3, 0.4) is 0 Å². The number of benzene rings is 2. The summed E-state index contributed by atoms with van der Waals surface area (Å²) >= 11 is 0. The zero-order valence-electron chi connectivity index (χ0n) is 12.9. The molecule has 0 fully saturated rings. The van der Waals surface area contributed by atoms with Crippen molar-refractivity contribution >= 4 is 11.7 Å². The van der Waals surface area contributed by atoms with E-state index in [2.05, 4.69) is 0 Å². The van der Waals surface area contributed by atoms with Gasteiger partial charge in [0, 0.05) is 11.1 Å². The van der Waals surface area contributed by atoms with Gasteiger partial charge in [-0.25, -0.2) is 8.78 Å². The van der Waals surface area contributed by atoms with Gasteiger partial charge in [-0.15, -0.1) is 0 Å². The highest BCUT2D eigenvalue weighted by molar-refractivity contribution is 5.96. The summed E-state index contributed by atoms with van der Waals surface area (Å²) in [5.74, 6) is -1.19. The molecular formula is C18H14F2N4O. The molecule has 5 nitrogen and oxygen atoms in total. The van der Waals surface area contributed by atoms with Gasteiger partial charge >= 0.3 is 0 Å². The van der Waals surface area contributed by atoms with Crippen molar-refractivity contribution in [3.8, 4) is 22.6 Å². The van der Waals surface area contributed by atoms with Crippen molar-refractivity contribution in [2.24, 2.45) is 11.5 Å². The van der Waals surface area contributed by atoms with E-state index in [-0.39, 0.29) is 22.8 Å². The third-order valence-electron chi connectivity index (χ3n) is 3.69. The molecule has 0 atom stereocenters. The molecule has 25 heavy (non-hydrogen) atoms. The number of amidine groups is 2. The number of halogens is 2. The smallest absolute Gasteiger partial charge is 0.134 e. The van der Waals surface area contributed by atoms with Gasteiger partial charge < -0.3 is 15.9 Å². The van der Waals surface area contributed by atoms with Gasteiger partial charge in [0.1, 0.15) is 34.8 Å². The van der Waals surface area contributed by atoms with E-state index in [0.29, 0.717) is 22.6 Å². The highest BCUT2D eigenvalue weighted by Crippen LogP contribution is 2.30. The quantitative estimate of drug-likeness (QED) is 0.431. The predicted molar refractivity (Wildman–Crippen MR) is 91.5 cm³/mol. The Morgan fingerprint density at radius 1 is 0.720 bits per heavy atom. The Bertz CT molecular complexity index is 916. The lowest BCUT2D eigenvalue weighted by Crippen LogP contribution is -2.13. The summed E-state index contributed by atoms with van der Waals surface area (Å²) in [6.07, 6.45) is 0. The van der Waals surface area contributed by atoms with Crippen molar-refractivity contribution in [3.05, 3.63) is 71.3 Å². The second-order valence-corrected chi connectivity index (χ2v) is 5.38. The summed E-state index contributed by atoms with van der Waals surface area (Å²) in [7, 11) is 0. The molecule has 1 heterocycles. The van der Waals surface area contributed by atoms with Gasteiger partial charge in [-0.2, -0.15) is 0 Å². The first-order valence-corrected chi connectivity index (χ1v) is 7.25. The highest BCUT2D eigenvalue weighted by atomic mass is 19.1. The van der Waals surface area contributed by atoms with Crippen LogP contribution in [-0.4, -0.2) is 11.7 Å². The Labute approximate surface area is 141 Å². The van der Waals surface area contributed by atoms with E-state index in [1.165, 1.54) is 24.3 Å². The van der Waals surface area contributed by atoms with E-state index in [1.54, 1.807) is 24.3 Å². The molecule has 0 saturated heterocycles. The van der Waals surface area contributed by atoms with Crippen LogP contribution >= 0.6 is 0 Å². The van der Waals surface area contributed by atoms with Crippen molar-refractivity contribution in [1.29, 1.82) is 10.8 Å². The molecule has 0 amide bonds. The van der Waals surface area contributed by atoms with E-state index in [0.717, 1.165) is 0 Å². The summed E-state index contributed by atoms with van der Waals surface area (Å²) in [5, 5.41) is 14.6. The van der Waals surface area contributed by atoms with Crippen LogP contribution in [-0.2, 0) is 0 Å². The maximum absolute atomic E-state index is 13.9. The van der Waals surface area contributed by atoms with Crippen LogP contribution in [0, 0.1) is 22.5 Å². The van der Waals surface area contributed by atoms with E-state index >= 15 is 0 Å². The van der Waals surface area contributed by atoms with Crippen LogP contribution in [0.4, 0.5) is 8.78 Å². The van der Waals surface area contributed by atoms with Crippen molar-refractivity contribution < 1.29 is 13.2 Å². The maximum Gasteiger partial charge on any atom is 0.134 e. The van der Waals surface area contributed by atoms with Crippen LogP contribution in [0.25, 0.3) is 22.6 Å². The number of rotatable bonds is 4. The molecule has 1 aromatic heterocycles. The minimum Gasteiger partial charge on any atom is -0.456 e. The molecule has 2 aromatic carbocycles. The van der Waals surface area contributed by atoms with Crippen LogP contribution < -0.4 is 11.5 Å². The topological polar surface area (TPSA) is 113 Å². The summed E-state index contributed by atoms with van der Waals surface area (Å²) in [6, 6.07) is 11.7. The maximum atomic E-state index is 13.9. The number of hydrogen-bond donors (Lipinski definition) is 4. The van der Waals surface area contributed by atoms with Gasteiger partial charge in [-0.05, 0) is 36.4 Å². The molecule has 0 radical (unpaired) electrons. The van der Waals surface area contributed by atoms with Gasteiger partial charge in [0.2, 0.25) is 0 Å². The van der Waals surface area contributed by atoms with Crippen LogP contribution in [0.1, 0.15) is 11.1 Å². The Kier molecular flexibility index (Phi) is 4.06.